The second-order valence-corrected chi connectivity index (χ2v) is 19.6. The molecule has 0 unspecified atom stereocenters. The molecular formula is C42H26MgN7NaO13S4. The third kappa shape index (κ3) is 11.3. The Kier molecular flexibility index (Phi) is 15.3. The predicted octanol–water partition coefficient (Wildman–Crippen LogP) is 6.13. The summed E-state index contributed by atoms with van der Waals surface area (Å²) in [7, 11) is -20.1. The molecule has 8 rings (SSSR count). The van der Waals surface area contributed by atoms with Crippen molar-refractivity contribution < 1.29 is 86.5 Å². The first-order chi connectivity index (χ1) is 31.1. The molecule has 0 aliphatic carbocycles. The molecule has 0 aliphatic heterocycles. The van der Waals surface area contributed by atoms with Gasteiger partial charge in [0, 0.05) is 32.9 Å². The molecule has 0 saturated carbocycles. The zero-order valence-electron chi connectivity index (χ0n) is 34.7. The van der Waals surface area contributed by atoms with Gasteiger partial charge >= 0.3 is 52.6 Å². The monoisotopic (exact) mass is 1010 g/mol. The topological polar surface area (TPSA) is 332 Å². The first kappa shape index (κ1) is 51.7. The van der Waals surface area contributed by atoms with E-state index in [1.54, 1.807) is 36.4 Å². The van der Waals surface area contributed by atoms with Crippen LogP contribution in [0.4, 0.5) is 45.5 Å². The molecule has 0 bridgehead atoms. The number of hydrogen-bond acceptors (Lipinski definition) is 18. The summed E-state index contributed by atoms with van der Waals surface area (Å²) >= 11 is 0. The van der Waals surface area contributed by atoms with Gasteiger partial charge in [0.2, 0.25) is 0 Å². The molecular weight excluding hydrogens is 986 g/mol. The van der Waals surface area contributed by atoms with Crippen molar-refractivity contribution in [3.8, 4) is 5.75 Å². The van der Waals surface area contributed by atoms with E-state index < -0.39 is 77.2 Å². The summed E-state index contributed by atoms with van der Waals surface area (Å²) in [6, 6.07) is 32.0. The number of hydrogen-bond donors (Lipinski definition) is 3. The molecule has 334 valence electrons. The molecule has 8 aromatic rings. The Balaban J connectivity index is 0.00000381. The Labute approximate surface area is 425 Å². The fraction of sp³-hybridized carbons (Fsp3) is 0. The maximum atomic E-state index is 13.7. The van der Waals surface area contributed by atoms with Crippen molar-refractivity contribution in [2.75, 3.05) is 5.32 Å². The molecule has 0 aliphatic rings. The summed E-state index contributed by atoms with van der Waals surface area (Å²) < 4.78 is 140. The molecule has 26 heteroatoms. The average Bonchev–Trinajstić information content (AvgIpc) is 3.26. The van der Waals surface area contributed by atoms with E-state index in [-0.39, 0.29) is 96.9 Å². The first-order valence-corrected chi connectivity index (χ1v) is 24.3. The number of para-hydroxylation sites is 1. The summed E-state index contributed by atoms with van der Waals surface area (Å²) in [4.78, 5) is -3.20. The van der Waals surface area contributed by atoms with Crippen molar-refractivity contribution in [2.45, 2.75) is 19.6 Å². The Morgan fingerprint density at radius 3 is 1.43 bits per heavy atom. The van der Waals surface area contributed by atoms with Crippen molar-refractivity contribution in [3.63, 3.8) is 0 Å². The molecule has 0 radical (unpaired) electrons. The van der Waals surface area contributed by atoms with Gasteiger partial charge in [-0.1, -0.05) is 60.3 Å². The molecule has 0 fully saturated rings. The van der Waals surface area contributed by atoms with E-state index in [1.807, 2.05) is 30.3 Å². The number of benzene rings is 8. The molecule has 0 heterocycles. The van der Waals surface area contributed by atoms with E-state index in [0.717, 1.165) is 23.9 Å². The van der Waals surface area contributed by atoms with E-state index in [2.05, 4.69) is 36.0 Å². The molecule has 0 atom stereocenters. The molecule has 0 spiro atoms. The molecule has 0 saturated heterocycles. The van der Waals surface area contributed by atoms with Gasteiger partial charge in [-0.3, -0.25) is 9.11 Å². The van der Waals surface area contributed by atoms with Crippen LogP contribution in [0.1, 0.15) is 0 Å². The number of anilines is 2. The van der Waals surface area contributed by atoms with E-state index in [4.69, 9.17) is 0 Å². The Morgan fingerprint density at radius 2 is 0.882 bits per heavy atom. The maximum Gasteiger partial charge on any atom is 2.00 e. The molecule has 3 N–H and O–H groups in total. The van der Waals surface area contributed by atoms with Gasteiger partial charge < -0.3 is 19.5 Å². The second-order valence-electron chi connectivity index (χ2n) is 14.0. The summed E-state index contributed by atoms with van der Waals surface area (Å²) in [6.07, 6.45) is 0. The van der Waals surface area contributed by atoms with Crippen LogP contribution < -0.4 is 40.0 Å². The summed E-state index contributed by atoms with van der Waals surface area (Å²) in [5, 5.41) is 42.7. The average molecular weight is 1010 g/mol. The minimum atomic E-state index is -5.10. The largest absolute Gasteiger partial charge is 2.00 e. The van der Waals surface area contributed by atoms with Crippen LogP contribution >= 0.6 is 0 Å². The zero-order valence-corrected chi connectivity index (χ0v) is 41.4. The van der Waals surface area contributed by atoms with E-state index in [1.165, 1.54) is 36.4 Å². The smallest absolute Gasteiger partial charge is 0.871 e. The number of nitrogens with zero attached hydrogens (tertiary/aromatic N) is 6. The summed E-state index contributed by atoms with van der Waals surface area (Å²) in [5.74, 6) is -0.815. The standard InChI is InChI=1S/C42H29N7O13S4.Mg.Na/c50-42-29-13-10-26(43-25-6-2-1-3-7-25)20-24(29)21-40(66(60,61)62)41(42)49-47-35-16-15-34(30-8-4-5-9-31(30)35)44-46-37-18-17-36(32-14-11-27(22-33(32)37)63(51,52)53)45-48-38-23-28(64(54,55)56)12-19-39(38)65(57,58)59;;/h1-23,43,50H,(H,51,52,53)(H,54,55,56)(H,57,58,59)(H,60,61,62);;/q;+2;+1/p-3. The summed E-state index contributed by atoms with van der Waals surface area (Å²) in [5.41, 5.74) is 0.173. The van der Waals surface area contributed by atoms with Crippen molar-refractivity contribution in [1.29, 1.82) is 0 Å². The zero-order chi connectivity index (χ0) is 47.2. The van der Waals surface area contributed by atoms with Gasteiger partial charge in [-0.05, 0) is 95.7 Å². The predicted molar refractivity (Wildman–Crippen MR) is 241 cm³/mol. The van der Waals surface area contributed by atoms with Crippen LogP contribution in [0.5, 0.6) is 5.75 Å². The van der Waals surface area contributed by atoms with Crippen LogP contribution in [-0.4, -0.2) is 74.9 Å². The molecule has 8 aromatic carbocycles. The van der Waals surface area contributed by atoms with Crippen LogP contribution in [0.15, 0.2) is 190 Å². The fourth-order valence-corrected chi connectivity index (χ4v) is 8.98. The Bertz CT molecular complexity index is 3890. The molecule has 20 nitrogen and oxygen atoms in total. The van der Waals surface area contributed by atoms with Crippen molar-refractivity contribution in [1.82, 2.24) is 0 Å². The van der Waals surface area contributed by atoms with Crippen molar-refractivity contribution in [2.24, 2.45) is 30.7 Å². The van der Waals surface area contributed by atoms with Crippen LogP contribution in [0.25, 0.3) is 32.3 Å². The van der Waals surface area contributed by atoms with Crippen LogP contribution in [0.3, 0.4) is 0 Å². The van der Waals surface area contributed by atoms with Crippen molar-refractivity contribution >= 4 is 141 Å². The quantitative estimate of drug-likeness (QED) is 0.0704. The van der Waals surface area contributed by atoms with Gasteiger partial charge in [0.25, 0.3) is 20.2 Å². The minimum absolute atomic E-state index is 0. The second kappa shape index (κ2) is 20.1. The first-order valence-electron chi connectivity index (χ1n) is 18.6. The van der Waals surface area contributed by atoms with Gasteiger partial charge in [-0.2, -0.15) is 16.8 Å². The van der Waals surface area contributed by atoms with Crippen molar-refractivity contribution in [3.05, 3.63) is 140 Å². The molecule has 68 heavy (non-hydrogen) atoms. The molecule has 0 amide bonds. The third-order valence-corrected chi connectivity index (χ3v) is 13.2. The normalized spacial score (nSPS) is 12.5. The van der Waals surface area contributed by atoms with Gasteiger partial charge in [0.15, 0.2) is 0 Å². The summed E-state index contributed by atoms with van der Waals surface area (Å²) in [6.45, 7) is 0. The van der Waals surface area contributed by atoms with Crippen LogP contribution in [0.2, 0.25) is 0 Å². The van der Waals surface area contributed by atoms with Gasteiger partial charge in [0.05, 0.1) is 38.2 Å². The Morgan fingerprint density at radius 1 is 0.426 bits per heavy atom. The number of nitrogens with one attached hydrogen (secondary N) is 1. The van der Waals surface area contributed by atoms with E-state index in [9.17, 15) is 57.0 Å². The third-order valence-electron chi connectivity index (χ3n) is 9.77. The SMILES string of the molecule is O=S(=O)([O-])c1ccc(S(=O)(=O)O)c(N=Nc2ccc(N=Nc3ccc(N=Nc4c(S(=O)(=O)O)cc5cc(Nc6ccccc6)ccc5c4[O-])c4ccccc34)c3cc(S(=O)(=O)[O-])ccc23)c1.[Mg+2].[Na+]. The van der Waals surface area contributed by atoms with E-state index >= 15 is 0 Å². The number of rotatable bonds is 12. The maximum absolute atomic E-state index is 13.7. The van der Waals surface area contributed by atoms with Gasteiger partial charge in [-0.15, -0.1) is 30.7 Å². The fourth-order valence-electron chi connectivity index (χ4n) is 6.73. The van der Waals surface area contributed by atoms with Crippen LogP contribution in [-0.2, 0) is 40.5 Å². The minimum Gasteiger partial charge on any atom is -0.871 e. The van der Waals surface area contributed by atoms with Gasteiger partial charge in [0.1, 0.15) is 35.7 Å². The Hall–Kier alpha value is -5.65. The van der Waals surface area contributed by atoms with Gasteiger partial charge in [-0.25, -0.2) is 16.8 Å². The number of fused-ring (bicyclic) bond motifs is 3. The van der Waals surface area contributed by atoms with Crippen LogP contribution in [0, 0.1) is 0 Å². The molecule has 0 aromatic heterocycles. The number of azo groups is 3. The van der Waals surface area contributed by atoms with E-state index in [0.29, 0.717) is 34.7 Å².